The Kier molecular flexibility index (Phi) is 5.55. The minimum atomic E-state index is 0.133. The lowest BCUT2D eigenvalue weighted by Gasteiger charge is -2.03. The van der Waals surface area contributed by atoms with Crippen molar-refractivity contribution in [2.75, 3.05) is 0 Å². The highest BCUT2D eigenvalue weighted by Gasteiger charge is 2.03. The van der Waals surface area contributed by atoms with Gasteiger partial charge in [-0.2, -0.15) is 0 Å². The minimum absolute atomic E-state index is 0.133. The number of unbranched alkanes of at least 4 members (excludes halogenated alkanes) is 1. The fourth-order valence-corrected chi connectivity index (χ4v) is 1.63. The van der Waals surface area contributed by atoms with Crippen molar-refractivity contribution in [2.45, 2.75) is 39.5 Å². The first-order valence-corrected chi connectivity index (χ1v) is 6.06. The molecule has 0 fully saturated rings. The molecule has 0 atom stereocenters. The Morgan fingerprint density at radius 3 is 2.44 bits per heavy atom. The molecule has 86 valence electrons. The number of hydrogen-bond donors (Lipinski definition) is 0. The third kappa shape index (κ3) is 4.01. The average molecular weight is 216 g/mol. The second-order valence-corrected chi connectivity index (χ2v) is 3.99. The normalized spacial score (nSPS) is 11.5. The molecule has 0 spiro atoms. The molecule has 0 aromatic heterocycles. The smallest absolute Gasteiger partial charge is 0.185 e. The maximum absolute atomic E-state index is 11.9. The van der Waals surface area contributed by atoms with Gasteiger partial charge in [-0.05, 0) is 25.3 Å². The fourth-order valence-electron chi connectivity index (χ4n) is 1.63. The highest BCUT2D eigenvalue weighted by Crippen LogP contribution is 2.13. The summed E-state index contributed by atoms with van der Waals surface area (Å²) in [6.07, 6.45) is 6.17. The molecule has 16 heavy (non-hydrogen) atoms. The van der Waals surface area contributed by atoms with E-state index in [1.165, 1.54) is 18.4 Å². The van der Waals surface area contributed by atoms with Crippen LogP contribution in [0.1, 0.15) is 49.9 Å². The highest BCUT2D eigenvalue weighted by atomic mass is 16.1. The molecule has 1 heteroatoms. The van der Waals surface area contributed by atoms with E-state index in [1.54, 1.807) is 0 Å². The molecule has 1 aromatic carbocycles. The van der Waals surface area contributed by atoms with E-state index in [0.717, 1.165) is 18.4 Å². The number of hydrogen-bond acceptors (Lipinski definition) is 1. The summed E-state index contributed by atoms with van der Waals surface area (Å²) < 4.78 is 0. The van der Waals surface area contributed by atoms with Gasteiger partial charge in [0.2, 0.25) is 0 Å². The van der Waals surface area contributed by atoms with Crippen molar-refractivity contribution in [3.63, 3.8) is 0 Å². The van der Waals surface area contributed by atoms with Crippen molar-refractivity contribution in [1.29, 1.82) is 0 Å². The Labute approximate surface area is 98.2 Å². The second kappa shape index (κ2) is 7.00. The van der Waals surface area contributed by atoms with Gasteiger partial charge in [0, 0.05) is 5.56 Å². The third-order valence-electron chi connectivity index (χ3n) is 2.70. The van der Waals surface area contributed by atoms with E-state index in [1.807, 2.05) is 36.4 Å². The van der Waals surface area contributed by atoms with Crippen molar-refractivity contribution in [2.24, 2.45) is 0 Å². The fraction of sp³-hybridized carbons (Fsp3) is 0.400. The first-order chi connectivity index (χ1) is 7.77. The molecule has 1 nitrogen and oxygen atoms in total. The molecule has 0 unspecified atom stereocenters. The lowest BCUT2D eigenvalue weighted by atomic mass is 10.0. The number of benzene rings is 1. The van der Waals surface area contributed by atoms with Crippen LogP contribution in [-0.4, -0.2) is 5.78 Å². The van der Waals surface area contributed by atoms with Crippen molar-refractivity contribution in [3.05, 3.63) is 47.5 Å². The van der Waals surface area contributed by atoms with Crippen LogP contribution in [0.2, 0.25) is 0 Å². The highest BCUT2D eigenvalue weighted by molar-refractivity contribution is 6.04. The molecule has 1 aromatic rings. The number of ketones is 1. The first-order valence-electron chi connectivity index (χ1n) is 6.06. The molecule has 0 aliphatic carbocycles. The van der Waals surface area contributed by atoms with E-state index in [-0.39, 0.29) is 5.78 Å². The number of rotatable bonds is 6. The van der Waals surface area contributed by atoms with E-state index in [4.69, 9.17) is 0 Å². The SMILES string of the molecule is CCCC/C(=C/C(=O)c1ccccc1)CC. The van der Waals surface area contributed by atoms with Crippen molar-refractivity contribution in [1.82, 2.24) is 0 Å². The largest absolute Gasteiger partial charge is 0.289 e. The summed E-state index contributed by atoms with van der Waals surface area (Å²) >= 11 is 0. The van der Waals surface area contributed by atoms with Gasteiger partial charge in [0.15, 0.2) is 5.78 Å². The molecule has 0 saturated heterocycles. The van der Waals surface area contributed by atoms with Crippen LogP contribution in [0.15, 0.2) is 42.0 Å². The predicted molar refractivity (Wildman–Crippen MR) is 68.7 cm³/mol. The Hall–Kier alpha value is -1.37. The van der Waals surface area contributed by atoms with Gasteiger partial charge < -0.3 is 0 Å². The Morgan fingerprint density at radius 1 is 1.19 bits per heavy atom. The first kappa shape index (κ1) is 12.7. The van der Waals surface area contributed by atoms with Crippen LogP contribution in [0.25, 0.3) is 0 Å². The lowest BCUT2D eigenvalue weighted by Crippen LogP contribution is -1.96. The molecular formula is C15H20O. The van der Waals surface area contributed by atoms with Crippen molar-refractivity contribution < 1.29 is 4.79 Å². The zero-order valence-corrected chi connectivity index (χ0v) is 10.2. The number of allylic oxidation sites excluding steroid dienone is 2. The molecule has 0 radical (unpaired) electrons. The standard InChI is InChI=1S/C15H20O/c1-3-5-9-13(4-2)12-15(16)14-10-7-6-8-11-14/h6-8,10-12H,3-5,9H2,1-2H3/b13-12+. The van der Waals surface area contributed by atoms with Gasteiger partial charge in [0.05, 0.1) is 0 Å². The monoisotopic (exact) mass is 216 g/mol. The molecule has 0 aliphatic heterocycles. The van der Waals surface area contributed by atoms with Crippen LogP contribution in [0.4, 0.5) is 0 Å². The second-order valence-electron chi connectivity index (χ2n) is 3.99. The van der Waals surface area contributed by atoms with E-state index in [0.29, 0.717) is 0 Å². The Balaban J connectivity index is 2.70. The molecule has 0 bridgehead atoms. The summed E-state index contributed by atoms with van der Waals surface area (Å²) in [6, 6.07) is 9.47. The van der Waals surface area contributed by atoms with Gasteiger partial charge in [0.25, 0.3) is 0 Å². The third-order valence-corrected chi connectivity index (χ3v) is 2.70. The van der Waals surface area contributed by atoms with Gasteiger partial charge in [-0.3, -0.25) is 4.79 Å². The summed E-state index contributed by atoms with van der Waals surface area (Å²) in [7, 11) is 0. The van der Waals surface area contributed by atoms with E-state index < -0.39 is 0 Å². The van der Waals surface area contributed by atoms with Crippen LogP contribution >= 0.6 is 0 Å². The molecule has 0 N–H and O–H groups in total. The molecule has 0 amide bonds. The summed E-state index contributed by atoms with van der Waals surface area (Å²) in [4.78, 5) is 11.9. The van der Waals surface area contributed by atoms with Gasteiger partial charge in [-0.1, -0.05) is 56.2 Å². The van der Waals surface area contributed by atoms with Gasteiger partial charge in [0.1, 0.15) is 0 Å². The molecule has 0 heterocycles. The van der Waals surface area contributed by atoms with E-state index in [2.05, 4.69) is 13.8 Å². The Bertz CT molecular complexity index is 349. The summed E-state index contributed by atoms with van der Waals surface area (Å²) in [5, 5.41) is 0. The number of carbonyl (C=O) groups is 1. The van der Waals surface area contributed by atoms with Gasteiger partial charge >= 0.3 is 0 Å². The summed E-state index contributed by atoms with van der Waals surface area (Å²) in [5.74, 6) is 0.133. The van der Waals surface area contributed by atoms with Crippen LogP contribution in [0, 0.1) is 0 Å². The summed E-state index contributed by atoms with van der Waals surface area (Å²) in [6.45, 7) is 4.28. The van der Waals surface area contributed by atoms with Crippen LogP contribution in [-0.2, 0) is 0 Å². The van der Waals surface area contributed by atoms with Gasteiger partial charge in [-0.15, -0.1) is 0 Å². The Morgan fingerprint density at radius 2 is 1.88 bits per heavy atom. The van der Waals surface area contributed by atoms with Crippen molar-refractivity contribution >= 4 is 5.78 Å². The molecular weight excluding hydrogens is 196 g/mol. The number of carbonyl (C=O) groups excluding carboxylic acids is 1. The maximum atomic E-state index is 11.9. The van der Waals surface area contributed by atoms with E-state index >= 15 is 0 Å². The van der Waals surface area contributed by atoms with Crippen LogP contribution in [0.5, 0.6) is 0 Å². The zero-order valence-electron chi connectivity index (χ0n) is 10.2. The maximum Gasteiger partial charge on any atom is 0.185 e. The topological polar surface area (TPSA) is 17.1 Å². The zero-order chi connectivity index (χ0) is 11.8. The minimum Gasteiger partial charge on any atom is -0.289 e. The molecule has 1 rings (SSSR count). The molecule has 0 aliphatic rings. The predicted octanol–water partition coefficient (Wildman–Crippen LogP) is 4.40. The average Bonchev–Trinajstić information content (AvgIpc) is 2.35. The van der Waals surface area contributed by atoms with E-state index in [9.17, 15) is 4.79 Å². The van der Waals surface area contributed by atoms with Crippen LogP contribution in [0.3, 0.4) is 0 Å². The van der Waals surface area contributed by atoms with Gasteiger partial charge in [-0.25, -0.2) is 0 Å². The summed E-state index contributed by atoms with van der Waals surface area (Å²) in [5.41, 5.74) is 2.04. The molecule has 0 saturated carbocycles. The van der Waals surface area contributed by atoms with Crippen LogP contribution < -0.4 is 0 Å². The lowest BCUT2D eigenvalue weighted by molar-refractivity contribution is 0.104. The van der Waals surface area contributed by atoms with Crippen molar-refractivity contribution in [3.8, 4) is 0 Å². The quantitative estimate of drug-likeness (QED) is 0.509.